The van der Waals surface area contributed by atoms with Crippen LogP contribution in [0.25, 0.3) is 10.2 Å². The van der Waals surface area contributed by atoms with Crippen molar-refractivity contribution in [3.05, 3.63) is 17.7 Å². The number of hydrogen-bond acceptors (Lipinski definition) is 5. The number of nitrogens with one attached hydrogen (secondary N) is 1. The molecule has 3 heterocycles. The maximum atomic E-state index is 12.2. The molecule has 22 heavy (non-hydrogen) atoms. The lowest BCUT2D eigenvalue weighted by Gasteiger charge is -2.17. The van der Waals surface area contributed by atoms with Crippen LogP contribution >= 0.6 is 11.3 Å². The van der Waals surface area contributed by atoms with Gasteiger partial charge in [0.05, 0.1) is 22.9 Å². The zero-order chi connectivity index (χ0) is 14.8. The number of benzene rings is 1. The van der Waals surface area contributed by atoms with E-state index in [1.807, 2.05) is 12.1 Å². The van der Waals surface area contributed by atoms with Crippen molar-refractivity contribution in [2.45, 2.75) is 31.3 Å². The van der Waals surface area contributed by atoms with Gasteiger partial charge in [0.25, 0.3) is 0 Å². The van der Waals surface area contributed by atoms with Gasteiger partial charge in [0, 0.05) is 18.4 Å². The zero-order valence-electron chi connectivity index (χ0n) is 11.7. The van der Waals surface area contributed by atoms with Gasteiger partial charge in [-0.05, 0) is 18.6 Å². The average Bonchev–Trinajstić information content (AvgIpc) is 3.22. The Morgan fingerprint density at radius 2 is 2.23 bits per heavy atom. The standard InChI is InChI=1S/C15H13N3O3S/c19-9-2-1-8-13(9)16-14(20)18(8)15-17-12-7-5-6-21-10(7)3-4-11(12)22-15/h3-4,8,13H,1-2,5-6H2,(H,16,20)/t8-,13-/m1/s1. The van der Waals surface area contributed by atoms with Crippen molar-refractivity contribution in [1.29, 1.82) is 0 Å². The van der Waals surface area contributed by atoms with Crippen LogP contribution in [0.1, 0.15) is 18.4 Å². The van der Waals surface area contributed by atoms with E-state index in [9.17, 15) is 9.59 Å². The first-order valence-corrected chi connectivity index (χ1v) is 8.22. The van der Waals surface area contributed by atoms with Crippen LogP contribution in [0.3, 0.4) is 0 Å². The Balaban J connectivity index is 1.62. The molecule has 1 aliphatic carbocycles. The lowest BCUT2D eigenvalue weighted by atomic mass is 10.1. The molecule has 1 N–H and O–H groups in total. The van der Waals surface area contributed by atoms with E-state index in [0.29, 0.717) is 24.6 Å². The van der Waals surface area contributed by atoms with Crippen LogP contribution in [0.4, 0.5) is 9.93 Å². The van der Waals surface area contributed by atoms with Gasteiger partial charge in [-0.3, -0.25) is 9.69 Å². The normalized spacial score (nSPS) is 26.3. The van der Waals surface area contributed by atoms with E-state index in [0.717, 1.165) is 28.0 Å². The lowest BCUT2D eigenvalue weighted by molar-refractivity contribution is -0.118. The van der Waals surface area contributed by atoms with Crippen molar-refractivity contribution in [3.8, 4) is 5.75 Å². The summed E-state index contributed by atoms with van der Waals surface area (Å²) in [5.74, 6) is 1.01. The van der Waals surface area contributed by atoms with Gasteiger partial charge in [-0.25, -0.2) is 9.78 Å². The van der Waals surface area contributed by atoms with Crippen molar-refractivity contribution in [3.63, 3.8) is 0 Å². The molecule has 2 aromatic rings. The molecular formula is C15H13N3O3S. The van der Waals surface area contributed by atoms with Crippen LogP contribution in [0.15, 0.2) is 12.1 Å². The number of ketones is 1. The molecule has 5 rings (SSSR count). The summed E-state index contributed by atoms with van der Waals surface area (Å²) >= 11 is 1.50. The van der Waals surface area contributed by atoms with Crippen molar-refractivity contribution in [2.75, 3.05) is 11.5 Å². The number of Topliss-reactive ketones (excluding diaryl/α,β-unsaturated/α-hetero) is 1. The highest BCUT2D eigenvalue weighted by molar-refractivity contribution is 7.22. The van der Waals surface area contributed by atoms with E-state index in [1.54, 1.807) is 4.90 Å². The molecule has 2 fully saturated rings. The highest BCUT2D eigenvalue weighted by Gasteiger charge is 2.48. The lowest BCUT2D eigenvalue weighted by Crippen LogP contribution is -2.34. The van der Waals surface area contributed by atoms with Crippen LogP contribution in [-0.4, -0.2) is 35.5 Å². The molecule has 1 aromatic heterocycles. The molecular weight excluding hydrogens is 302 g/mol. The Morgan fingerprint density at radius 1 is 1.32 bits per heavy atom. The van der Waals surface area contributed by atoms with Crippen molar-refractivity contribution < 1.29 is 14.3 Å². The van der Waals surface area contributed by atoms with Gasteiger partial charge in [-0.15, -0.1) is 0 Å². The molecule has 0 unspecified atom stereocenters. The van der Waals surface area contributed by atoms with Gasteiger partial charge >= 0.3 is 6.03 Å². The maximum Gasteiger partial charge on any atom is 0.324 e. The van der Waals surface area contributed by atoms with Crippen LogP contribution in [-0.2, 0) is 11.2 Å². The summed E-state index contributed by atoms with van der Waals surface area (Å²) in [5, 5.41) is 3.47. The summed E-state index contributed by atoms with van der Waals surface area (Å²) in [6.07, 6.45) is 2.09. The summed E-state index contributed by atoms with van der Waals surface area (Å²) in [6, 6.07) is 3.29. The van der Waals surface area contributed by atoms with Crippen LogP contribution in [0, 0.1) is 0 Å². The minimum atomic E-state index is -0.367. The van der Waals surface area contributed by atoms with Gasteiger partial charge in [0.2, 0.25) is 0 Å². The fraction of sp³-hybridized carbons (Fsp3) is 0.400. The second-order valence-corrected chi connectivity index (χ2v) is 6.86. The first kappa shape index (κ1) is 12.4. The molecule has 2 aliphatic heterocycles. The minimum absolute atomic E-state index is 0.0927. The number of thiazole rings is 1. The molecule has 0 radical (unpaired) electrons. The number of carbonyl (C=O) groups is 2. The van der Waals surface area contributed by atoms with Gasteiger partial charge in [0.15, 0.2) is 10.9 Å². The number of nitrogens with zero attached hydrogens (tertiary/aromatic N) is 2. The fourth-order valence-corrected chi connectivity index (χ4v) is 4.68. The summed E-state index contributed by atoms with van der Waals surface area (Å²) in [6.45, 7) is 0.685. The SMILES string of the molecule is O=C1CC[C@@H]2[C@H]1NC(=O)N2c1nc2c3c(ccc2s1)OCC3. The molecule has 1 saturated heterocycles. The molecule has 0 bridgehead atoms. The Hall–Kier alpha value is -2.15. The fourth-order valence-electron chi connectivity index (χ4n) is 3.62. The summed E-state index contributed by atoms with van der Waals surface area (Å²) < 4.78 is 6.63. The number of rotatable bonds is 1. The van der Waals surface area contributed by atoms with Gasteiger partial charge in [-0.1, -0.05) is 11.3 Å². The Kier molecular flexibility index (Phi) is 2.36. The summed E-state index contributed by atoms with van der Waals surface area (Å²) in [7, 11) is 0. The number of urea groups is 1. The predicted octanol–water partition coefficient (Wildman–Crippen LogP) is 1.86. The largest absolute Gasteiger partial charge is 0.493 e. The molecule has 112 valence electrons. The van der Waals surface area contributed by atoms with E-state index in [2.05, 4.69) is 5.32 Å². The van der Waals surface area contributed by atoms with Crippen LogP contribution < -0.4 is 15.0 Å². The third-order valence-corrected chi connectivity index (χ3v) is 5.69. The van der Waals surface area contributed by atoms with Gasteiger partial charge in [0.1, 0.15) is 11.8 Å². The summed E-state index contributed by atoms with van der Waals surface area (Å²) in [4.78, 5) is 30.4. The molecule has 1 aromatic carbocycles. The smallest absolute Gasteiger partial charge is 0.324 e. The van der Waals surface area contributed by atoms with E-state index in [-0.39, 0.29) is 23.9 Å². The number of hydrogen-bond donors (Lipinski definition) is 1. The number of carbonyl (C=O) groups excluding carboxylic acids is 2. The quantitative estimate of drug-likeness (QED) is 0.872. The average molecular weight is 315 g/mol. The van der Waals surface area contributed by atoms with Gasteiger partial charge in [-0.2, -0.15) is 0 Å². The zero-order valence-corrected chi connectivity index (χ0v) is 12.5. The molecule has 1 saturated carbocycles. The van der Waals surface area contributed by atoms with E-state index >= 15 is 0 Å². The van der Waals surface area contributed by atoms with Crippen LogP contribution in [0.2, 0.25) is 0 Å². The number of ether oxygens (including phenoxy) is 1. The number of aromatic nitrogens is 1. The van der Waals surface area contributed by atoms with Crippen LogP contribution in [0.5, 0.6) is 5.75 Å². The molecule has 2 amide bonds. The molecule has 7 heteroatoms. The number of fused-ring (bicyclic) bond motifs is 4. The van der Waals surface area contributed by atoms with Gasteiger partial charge < -0.3 is 10.1 Å². The van der Waals surface area contributed by atoms with E-state index in [1.165, 1.54) is 11.3 Å². The second kappa shape index (κ2) is 4.19. The maximum absolute atomic E-state index is 12.2. The Morgan fingerprint density at radius 3 is 3.14 bits per heavy atom. The molecule has 0 spiro atoms. The van der Waals surface area contributed by atoms with Crippen molar-refractivity contribution >= 4 is 38.5 Å². The van der Waals surface area contributed by atoms with E-state index in [4.69, 9.17) is 9.72 Å². The molecule has 2 atom stereocenters. The molecule has 3 aliphatic rings. The topological polar surface area (TPSA) is 71.5 Å². The number of anilines is 1. The Bertz CT molecular complexity index is 831. The highest BCUT2D eigenvalue weighted by atomic mass is 32.1. The molecule has 6 nitrogen and oxygen atoms in total. The number of amides is 2. The third kappa shape index (κ3) is 1.51. The van der Waals surface area contributed by atoms with E-state index < -0.39 is 0 Å². The minimum Gasteiger partial charge on any atom is -0.493 e. The Labute approximate surface area is 130 Å². The predicted molar refractivity (Wildman–Crippen MR) is 81.6 cm³/mol. The third-order valence-electron chi connectivity index (χ3n) is 4.67. The summed E-state index contributed by atoms with van der Waals surface area (Å²) in [5.41, 5.74) is 2.05. The monoisotopic (exact) mass is 315 g/mol. The first-order valence-electron chi connectivity index (χ1n) is 7.40. The van der Waals surface area contributed by atoms with Crippen molar-refractivity contribution in [2.24, 2.45) is 0 Å². The van der Waals surface area contributed by atoms with Crippen molar-refractivity contribution in [1.82, 2.24) is 10.3 Å². The highest BCUT2D eigenvalue weighted by Crippen LogP contribution is 2.40. The second-order valence-electron chi connectivity index (χ2n) is 5.85. The first-order chi connectivity index (χ1) is 10.7.